The molecule has 2 atom stereocenters. The maximum Gasteiger partial charge on any atom is 0.303 e. The van der Waals surface area contributed by atoms with Gasteiger partial charge in [-0.2, -0.15) is 0 Å². The van der Waals surface area contributed by atoms with E-state index in [9.17, 15) is 9.59 Å². The van der Waals surface area contributed by atoms with Gasteiger partial charge < -0.3 is 5.11 Å². The predicted octanol–water partition coefficient (Wildman–Crippen LogP) is 6.26. The van der Waals surface area contributed by atoms with Gasteiger partial charge in [0.25, 0.3) is 0 Å². The van der Waals surface area contributed by atoms with Crippen LogP contribution in [0.3, 0.4) is 0 Å². The maximum atomic E-state index is 12.5. The molecule has 27 heavy (non-hydrogen) atoms. The Balaban J connectivity index is 1.51. The molecule has 0 spiro atoms. The highest BCUT2D eigenvalue weighted by atomic mass is 32.1. The molecule has 2 aromatic rings. The molecular formula is C23H26O3S. The smallest absolute Gasteiger partial charge is 0.303 e. The molecule has 4 heteroatoms. The highest BCUT2D eigenvalue weighted by Gasteiger charge is 2.24. The molecule has 1 aliphatic rings. The highest BCUT2D eigenvalue weighted by molar-refractivity contribution is 7.20. The van der Waals surface area contributed by atoms with Crippen LogP contribution in [-0.2, 0) is 4.79 Å². The zero-order valence-electron chi connectivity index (χ0n) is 15.5. The van der Waals surface area contributed by atoms with Crippen molar-refractivity contribution in [1.82, 2.24) is 0 Å². The van der Waals surface area contributed by atoms with Crippen LogP contribution in [-0.4, -0.2) is 16.9 Å². The van der Waals surface area contributed by atoms with Crippen molar-refractivity contribution in [3.63, 3.8) is 0 Å². The molecule has 1 N–H and O–H groups in total. The van der Waals surface area contributed by atoms with Gasteiger partial charge >= 0.3 is 5.97 Å². The number of hydrogen-bond acceptors (Lipinski definition) is 3. The molecule has 142 valence electrons. The molecular weight excluding hydrogens is 356 g/mol. The van der Waals surface area contributed by atoms with E-state index in [1.54, 1.807) is 17.4 Å². The SMILES string of the molecule is O=C(O)CCCC=CCC1CCCC1C=CC(=O)c1cc2ccccc2s1. The Labute approximate surface area is 164 Å². The number of rotatable bonds is 9. The Bertz CT molecular complexity index is 813. The number of carboxylic acid groups (broad SMARTS) is 1. The zero-order valence-corrected chi connectivity index (χ0v) is 16.3. The van der Waals surface area contributed by atoms with Crippen LogP contribution in [0.1, 0.15) is 54.6 Å². The Morgan fingerprint density at radius 1 is 1.19 bits per heavy atom. The Kier molecular flexibility index (Phi) is 6.99. The van der Waals surface area contributed by atoms with Crippen LogP contribution in [0.2, 0.25) is 0 Å². The fourth-order valence-electron chi connectivity index (χ4n) is 3.77. The number of carboxylic acids is 1. The number of aliphatic carboxylic acids is 1. The first kappa shape index (κ1) is 19.6. The number of carbonyl (C=O) groups is 2. The summed E-state index contributed by atoms with van der Waals surface area (Å²) in [5.41, 5.74) is 0. The monoisotopic (exact) mass is 382 g/mol. The number of carbonyl (C=O) groups excluding carboxylic acids is 1. The first-order valence-corrected chi connectivity index (χ1v) is 10.5. The van der Waals surface area contributed by atoms with E-state index in [1.165, 1.54) is 12.8 Å². The Hall–Kier alpha value is -2.20. The second-order valence-electron chi connectivity index (χ2n) is 7.22. The van der Waals surface area contributed by atoms with Crippen LogP contribution in [0.5, 0.6) is 0 Å². The molecule has 1 fully saturated rings. The van der Waals surface area contributed by atoms with Gasteiger partial charge in [0.15, 0.2) is 5.78 Å². The Morgan fingerprint density at radius 3 is 2.85 bits per heavy atom. The van der Waals surface area contributed by atoms with Crippen molar-refractivity contribution >= 4 is 33.2 Å². The number of benzene rings is 1. The average Bonchev–Trinajstić information content (AvgIpc) is 3.28. The first-order chi connectivity index (χ1) is 13.1. The summed E-state index contributed by atoms with van der Waals surface area (Å²) >= 11 is 1.56. The van der Waals surface area contributed by atoms with Gasteiger partial charge in [0, 0.05) is 11.1 Å². The zero-order chi connectivity index (χ0) is 19.1. The molecule has 0 bridgehead atoms. The van der Waals surface area contributed by atoms with Gasteiger partial charge in [-0.3, -0.25) is 9.59 Å². The number of thiophene rings is 1. The average molecular weight is 383 g/mol. The van der Waals surface area contributed by atoms with Gasteiger partial charge in [0.2, 0.25) is 0 Å². The molecule has 3 nitrogen and oxygen atoms in total. The minimum Gasteiger partial charge on any atom is -0.481 e. The summed E-state index contributed by atoms with van der Waals surface area (Å²) in [6, 6.07) is 10.1. The van der Waals surface area contributed by atoms with Crippen molar-refractivity contribution in [2.75, 3.05) is 0 Å². The lowest BCUT2D eigenvalue weighted by Crippen LogP contribution is -2.04. The van der Waals surface area contributed by atoms with Crippen LogP contribution >= 0.6 is 11.3 Å². The summed E-state index contributed by atoms with van der Waals surface area (Å²) in [6.45, 7) is 0. The maximum absolute atomic E-state index is 12.5. The number of allylic oxidation sites excluding steroid dienone is 4. The van der Waals surface area contributed by atoms with E-state index < -0.39 is 5.97 Å². The summed E-state index contributed by atoms with van der Waals surface area (Å²) in [7, 11) is 0. The quantitative estimate of drug-likeness (QED) is 0.241. The molecule has 0 amide bonds. The van der Waals surface area contributed by atoms with Gasteiger partial charge in [-0.15, -0.1) is 11.3 Å². The third kappa shape index (κ3) is 5.64. The van der Waals surface area contributed by atoms with Crippen molar-refractivity contribution in [3.05, 3.63) is 59.5 Å². The normalized spacial score (nSPS) is 20.1. The van der Waals surface area contributed by atoms with Crippen LogP contribution in [0.15, 0.2) is 54.6 Å². The van der Waals surface area contributed by atoms with Gasteiger partial charge in [-0.25, -0.2) is 0 Å². The molecule has 2 unspecified atom stereocenters. The first-order valence-electron chi connectivity index (χ1n) is 9.71. The standard InChI is InChI=1S/C23H26O3S/c24-20(22-16-19-9-5-6-12-21(19)27-22)15-14-18-11-7-10-17(18)8-3-1-2-4-13-23(25)26/h1,3,5-6,9,12,14-18H,2,4,7-8,10-11,13H2,(H,25,26). The van der Waals surface area contributed by atoms with Crippen LogP contribution in [0.4, 0.5) is 0 Å². The van der Waals surface area contributed by atoms with Gasteiger partial charge in [-0.1, -0.05) is 42.8 Å². The van der Waals surface area contributed by atoms with Crippen LogP contribution < -0.4 is 0 Å². The summed E-state index contributed by atoms with van der Waals surface area (Å²) < 4.78 is 1.15. The lowest BCUT2D eigenvalue weighted by molar-refractivity contribution is -0.137. The molecule has 1 saturated carbocycles. The van der Waals surface area contributed by atoms with Crippen molar-refractivity contribution < 1.29 is 14.7 Å². The largest absolute Gasteiger partial charge is 0.481 e. The summed E-state index contributed by atoms with van der Waals surface area (Å²) in [6.07, 6.45) is 14.5. The number of unbranched alkanes of at least 4 members (excludes halogenated alkanes) is 1. The van der Waals surface area contributed by atoms with Crippen molar-refractivity contribution in [2.45, 2.75) is 44.9 Å². The van der Waals surface area contributed by atoms with Crippen molar-refractivity contribution in [1.29, 1.82) is 0 Å². The molecule has 0 aliphatic heterocycles. The number of hydrogen-bond donors (Lipinski definition) is 1. The topological polar surface area (TPSA) is 54.4 Å². The van der Waals surface area contributed by atoms with E-state index in [4.69, 9.17) is 5.11 Å². The lowest BCUT2D eigenvalue weighted by atomic mass is 9.92. The van der Waals surface area contributed by atoms with Crippen molar-refractivity contribution in [2.24, 2.45) is 11.8 Å². The highest BCUT2D eigenvalue weighted by Crippen LogP contribution is 2.35. The van der Waals surface area contributed by atoms with E-state index in [0.717, 1.165) is 34.2 Å². The summed E-state index contributed by atoms with van der Waals surface area (Å²) in [5.74, 6) is 0.429. The van der Waals surface area contributed by atoms with E-state index in [-0.39, 0.29) is 12.2 Å². The number of fused-ring (bicyclic) bond motifs is 1. The number of ketones is 1. The van der Waals surface area contributed by atoms with Crippen molar-refractivity contribution in [3.8, 4) is 0 Å². The molecule has 0 radical (unpaired) electrons. The minimum absolute atomic E-state index is 0.103. The second-order valence-corrected chi connectivity index (χ2v) is 8.30. The molecule has 1 aromatic heterocycles. The third-order valence-electron chi connectivity index (χ3n) is 5.25. The van der Waals surface area contributed by atoms with E-state index in [0.29, 0.717) is 18.3 Å². The fourth-order valence-corrected chi connectivity index (χ4v) is 4.75. The Morgan fingerprint density at radius 2 is 2.04 bits per heavy atom. The molecule has 1 aromatic carbocycles. The van der Waals surface area contributed by atoms with Crippen LogP contribution in [0.25, 0.3) is 10.1 Å². The van der Waals surface area contributed by atoms with Gasteiger partial charge in [-0.05, 0) is 67.5 Å². The predicted molar refractivity (Wildman–Crippen MR) is 111 cm³/mol. The van der Waals surface area contributed by atoms with Gasteiger partial charge in [0.05, 0.1) is 4.88 Å². The molecule has 0 saturated heterocycles. The van der Waals surface area contributed by atoms with E-state index in [2.05, 4.69) is 24.3 Å². The fraction of sp³-hybridized carbons (Fsp3) is 0.391. The summed E-state index contributed by atoms with van der Waals surface area (Å²) in [4.78, 5) is 23.8. The second kappa shape index (κ2) is 9.65. The molecule has 3 rings (SSSR count). The van der Waals surface area contributed by atoms with Crippen LogP contribution in [0, 0.1) is 11.8 Å². The van der Waals surface area contributed by atoms with E-state index >= 15 is 0 Å². The summed E-state index contributed by atoms with van der Waals surface area (Å²) in [5, 5.41) is 9.78. The van der Waals surface area contributed by atoms with Gasteiger partial charge in [0.1, 0.15) is 0 Å². The lowest BCUT2D eigenvalue weighted by Gasteiger charge is -2.13. The molecule has 1 aliphatic carbocycles. The minimum atomic E-state index is -0.729. The third-order valence-corrected chi connectivity index (χ3v) is 6.38. The van der Waals surface area contributed by atoms with E-state index in [1.807, 2.05) is 24.3 Å². The molecule has 1 heterocycles.